The Hall–Kier alpha value is -2.22. The minimum atomic E-state index is 0.734. The number of hydrogen-bond acceptors (Lipinski definition) is 2. The molecule has 86 valence electrons. The van der Waals surface area contributed by atoms with Gasteiger partial charge in [-0.1, -0.05) is 36.4 Å². The van der Waals surface area contributed by atoms with E-state index in [9.17, 15) is 0 Å². The molecule has 2 aromatic carbocycles. The van der Waals surface area contributed by atoms with Crippen LogP contribution in [-0.2, 0) is 0 Å². The first-order valence-corrected chi connectivity index (χ1v) is 5.61. The first kappa shape index (κ1) is 11.3. The number of anilines is 3. The van der Waals surface area contributed by atoms with Gasteiger partial charge in [-0.25, -0.2) is 0 Å². The molecule has 2 nitrogen and oxygen atoms in total. The zero-order chi connectivity index (χ0) is 12.1. The third kappa shape index (κ3) is 2.48. The van der Waals surface area contributed by atoms with Crippen molar-refractivity contribution in [2.24, 2.45) is 0 Å². The van der Waals surface area contributed by atoms with E-state index in [0.29, 0.717) is 0 Å². The number of nitrogens with two attached hydrogens (primary N) is 1. The summed E-state index contributed by atoms with van der Waals surface area (Å²) in [6.45, 7) is 4.53. The largest absolute Gasteiger partial charge is 0.397 e. The lowest BCUT2D eigenvalue weighted by Gasteiger charge is -2.24. The fraction of sp³-hybridized carbons (Fsp3) is 0.0667. The lowest BCUT2D eigenvalue weighted by atomic mass is 10.2. The van der Waals surface area contributed by atoms with Gasteiger partial charge < -0.3 is 10.6 Å². The highest BCUT2D eigenvalue weighted by molar-refractivity contribution is 5.74. The minimum absolute atomic E-state index is 0.734. The first-order chi connectivity index (χ1) is 8.33. The Morgan fingerprint density at radius 1 is 1.00 bits per heavy atom. The fourth-order valence-electron chi connectivity index (χ4n) is 1.81. The maximum atomic E-state index is 6.01. The number of rotatable bonds is 4. The van der Waals surface area contributed by atoms with Crippen molar-refractivity contribution in [3.05, 3.63) is 67.3 Å². The molecule has 0 saturated heterocycles. The SMILES string of the molecule is C=CCN(c1ccccc1)c1ccccc1N. The summed E-state index contributed by atoms with van der Waals surface area (Å²) in [6, 6.07) is 18.0. The standard InChI is InChI=1S/C15H16N2/c1-2-12-17(13-8-4-3-5-9-13)15-11-7-6-10-14(15)16/h2-11H,1,12,16H2. The summed E-state index contributed by atoms with van der Waals surface area (Å²) < 4.78 is 0. The average Bonchev–Trinajstić information content (AvgIpc) is 2.38. The number of para-hydroxylation sites is 3. The molecule has 0 bridgehead atoms. The maximum absolute atomic E-state index is 6.01. The molecule has 2 rings (SSSR count). The molecule has 2 aromatic rings. The van der Waals surface area contributed by atoms with E-state index in [-0.39, 0.29) is 0 Å². The van der Waals surface area contributed by atoms with Crippen molar-refractivity contribution in [1.29, 1.82) is 0 Å². The summed E-state index contributed by atoms with van der Waals surface area (Å²) in [7, 11) is 0. The Kier molecular flexibility index (Phi) is 3.46. The molecule has 0 aliphatic carbocycles. The van der Waals surface area contributed by atoms with Crippen molar-refractivity contribution >= 4 is 17.1 Å². The molecule has 0 aliphatic heterocycles. The van der Waals surface area contributed by atoms with Crippen molar-refractivity contribution < 1.29 is 0 Å². The van der Waals surface area contributed by atoms with Gasteiger partial charge in [0, 0.05) is 12.2 Å². The molecule has 2 N–H and O–H groups in total. The van der Waals surface area contributed by atoms with Crippen molar-refractivity contribution in [2.75, 3.05) is 17.2 Å². The van der Waals surface area contributed by atoms with Crippen LogP contribution in [0.4, 0.5) is 17.1 Å². The Morgan fingerprint density at radius 2 is 1.65 bits per heavy atom. The second-order valence-electron chi connectivity index (χ2n) is 3.79. The van der Waals surface area contributed by atoms with Gasteiger partial charge in [-0.2, -0.15) is 0 Å². The Bertz CT molecular complexity index is 491. The van der Waals surface area contributed by atoms with E-state index in [1.807, 2.05) is 48.5 Å². The monoisotopic (exact) mass is 224 g/mol. The van der Waals surface area contributed by atoms with Crippen LogP contribution in [0.2, 0.25) is 0 Å². The Labute approximate surface area is 102 Å². The van der Waals surface area contributed by atoms with E-state index in [2.05, 4.69) is 23.6 Å². The van der Waals surface area contributed by atoms with Gasteiger partial charge in [0.25, 0.3) is 0 Å². The van der Waals surface area contributed by atoms with Gasteiger partial charge >= 0.3 is 0 Å². The van der Waals surface area contributed by atoms with Gasteiger partial charge in [0.1, 0.15) is 0 Å². The zero-order valence-electron chi connectivity index (χ0n) is 9.71. The second-order valence-corrected chi connectivity index (χ2v) is 3.79. The van der Waals surface area contributed by atoms with Crippen LogP contribution < -0.4 is 10.6 Å². The van der Waals surface area contributed by atoms with Crippen LogP contribution in [-0.4, -0.2) is 6.54 Å². The summed E-state index contributed by atoms with van der Waals surface area (Å²) >= 11 is 0. The molecular formula is C15H16N2. The van der Waals surface area contributed by atoms with E-state index in [0.717, 1.165) is 23.6 Å². The molecule has 0 atom stereocenters. The molecule has 0 fully saturated rings. The van der Waals surface area contributed by atoms with Gasteiger partial charge in [0.05, 0.1) is 11.4 Å². The Morgan fingerprint density at radius 3 is 2.29 bits per heavy atom. The van der Waals surface area contributed by atoms with E-state index in [1.165, 1.54) is 0 Å². The zero-order valence-corrected chi connectivity index (χ0v) is 9.71. The summed E-state index contributed by atoms with van der Waals surface area (Å²) in [6.07, 6.45) is 1.87. The quantitative estimate of drug-likeness (QED) is 0.635. The molecule has 0 aromatic heterocycles. The van der Waals surface area contributed by atoms with Crippen LogP contribution in [0.5, 0.6) is 0 Å². The first-order valence-electron chi connectivity index (χ1n) is 5.61. The van der Waals surface area contributed by atoms with Crippen LogP contribution in [0, 0.1) is 0 Å². The lowest BCUT2D eigenvalue weighted by Crippen LogP contribution is -2.17. The maximum Gasteiger partial charge on any atom is 0.0647 e. The van der Waals surface area contributed by atoms with Crippen LogP contribution in [0.15, 0.2) is 67.3 Å². The second kappa shape index (κ2) is 5.21. The minimum Gasteiger partial charge on any atom is -0.397 e. The van der Waals surface area contributed by atoms with Gasteiger partial charge in [0.2, 0.25) is 0 Å². The lowest BCUT2D eigenvalue weighted by molar-refractivity contribution is 1.10. The summed E-state index contributed by atoms with van der Waals surface area (Å²) in [5.41, 5.74) is 8.92. The van der Waals surface area contributed by atoms with Crippen LogP contribution in [0.3, 0.4) is 0 Å². The summed E-state index contributed by atoms with van der Waals surface area (Å²) in [5.74, 6) is 0. The van der Waals surface area contributed by atoms with E-state index in [4.69, 9.17) is 5.73 Å². The molecule has 0 heterocycles. The third-order valence-electron chi connectivity index (χ3n) is 2.61. The average molecular weight is 224 g/mol. The molecule has 0 radical (unpaired) electrons. The van der Waals surface area contributed by atoms with Crippen LogP contribution in [0.25, 0.3) is 0 Å². The van der Waals surface area contributed by atoms with Crippen LogP contribution >= 0.6 is 0 Å². The highest BCUT2D eigenvalue weighted by Crippen LogP contribution is 2.29. The predicted octanol–water partition coefficient (Wildman–Crippen LogP) is 3.59. The molecule has 0 saturated carbocycles. The highest BCUT2D eigenvalue weighted by atomic mass is 15.1. The van der Waals surface area contributed by atoms with Crippen molar-refractivity contribution in [1.82, 2.24) is 0 Å². The summed E-state index contributed by atoms with van der Waals surface area (Å²) in [4.78, 5) is 2.14. The normalized spacial score (nSPS) is 9.88. The van der Waals surface area contributed by atoms with E-state index < -0.39 is 0 Å². The van der Waals surface area contributed by atoms with Crippen molar-refractivity contribution in [3.63, 3.8) is 0 Å². The molecule has 17 heavy (non-hydrogen) atoms. The van der Waals surface area contributed by atoms with Gasteiger partial charge in [-0.3, -0.25) is 0 Å². The fourth-order valence-corrected chi connectivity index (χ4v) is 1.81. The predicted molar refractivity (Wildman–Crippen MR) is 74.5 cm³/mol. The molecular weight excluding hydrogens is 208 g/mol. The highest BCUT2D eigenvalue weighted by Gasteiger charge is 2.09. The molecule has 2 heteroatoms. The summed E-state index contributed by atoms with van der Waals surface area (Å²) in [5, 5.41) is 0. The topological polar surface area (TPSA) is 29.3 Å². The third-order valence-corrected chi connectivity index (χ3v) is 2.61. The molecule has 0 aliphatic rings. The van der Waals surface area contributed by atoms with E-state index in [1.54, 1.807) is 0 Å². The van der Waals surface area contributed by atoms with Crippen LogP contribution in [0.1, 0.15) is 0 Å². The number of nitrogens with zero attached hydrogens (tertiary/aromatic N) is 1. The smallest absolute Gasteiger partial charge is 0.0647 e. The van der Waals surface area contributed by atoms with Crippen molar-refractivity contribution in [2.45, 2.75) is 0 Å². The molecule has 0 spiro atoms. The molecule has 0 amide bonds. The number of hydrogen-bond donors (Lipinski definition) is 1. The Balaban J connectivity index is 2.43. The van der Waals surface area contributed by atoms with Gasteiger partial charge in [-0.05, 0) is 24.3 Å². The van der Waals surface area contributed by atoms with Gasteiger partial charge in [0.15, 0.2) is 0 Å². The number of benzene rings is 2. The van der Waals surface area contributed by atoms with Crippen molar-refractivity contribution in [3.8, 4) is 0 Å². The number of nitrogen functional groups attached to an aromatic ring is 1. The van der Waals surface area contributed by atoms with E-state index >= 15 is 0 Å². The molecule has 0 unspecified atom stereocenters. The van der Waals surface area contributed by atoms with Gasteiger partial charge in [-0.15, -0.1) is 6.58 Å².